The lowest BCUT2D eigenvalue weighted by Crippen LogP contribution is -2.28. The summed E-state index contributed by atoms with van der Waals surface area (Å²) < 4.78 is 1.93. The highest BCUT2D eigenvalue weighted by Crippen LogP contribution is 2.31. The van der Waals surface area contributed by atoms with Crippen molar-refractivity contribution < 1.29 is 0 Å². The van der Waals surface area contributed by atoms with Crippen LogP contribution in [0.3, 0.4) is 0 Å². The minimum Gasteiger partial charge on any atom is -0.357 e. The molecular formula is C19H22N4O. The van der Waals surface area contributed by atoms with Crippen LogP contribution in [0.4, 0.5) is 5.95 Å². The molecule has 4 rings (SSSR count). The molecule has 1 aromatic carbocycles. The molecule has 0 amide bonds. The van der Waals surface area contributed by atoms with Crippen LogP contribution in [0.15, 0.2) is 29.2 Å². The van der Waals surface area contributed by atoms with Gasteiger partial charge in [0.15, 0.2) is 0 Å². The molecule has 2 aromatic heterocycles. The third-order valence-corrected chi connectivity index (χ3v) is 5.07. The lowest BCUT2D eigenvalue weighted by molar-refractivity contribution is 0.354. The van der Waals surface area contributed by atoms with Gasteiger partial charge in [0, 0.05) is 30.1 Å². The third kappa shape index (κ3) is 2.35. The molecule has 0 atom stereocenters. The first-order chi connectivity index (χ1) is 11.7. The lowest BCUT2D eigenvalue weighted by Gasteiger charge is -2.25. The van der Waals surface area contributed by atoms with E-state index in [0.29, 0.717) is 5.95 Å². The number of anilines is 1. The lowest BCUT2D eigenvalue weighted by atomic mass is 9.94. The van der Waals surface area contributed by atoms with E-state index in [1.807, 2.05) is 35.9 Å². The maximum atomic E-state index is 13.3. The van der Waals surface area contributed by atoms with Gasteiger partial charge in [0.2, 0.25) is 5.95 Å². The fraction of sp³-hybridized carbons (Fsp3) is 0.421. The molecule has 2 heterocycles. The number of hydrogen-bond donors (Lipinski definition) is 1. The molecule has 124 valence electrons. The minimum absolute atomic E-state index is 0.0776. The highest BCUT2D eigenvalue weighted by molar-refractivity contribution is 6.04. The SMILES string of the molecule is CNc1ncc2c3ccc(C)cc3c(=O)n(C3CCCCC3)c2n1. The summed E-state index contributed by atoms with van der Waals surface area (Å²) in [4.78, 5) is 22.3. The molecule has 1 aliphatic carbocycles. The van der Waals surface area contributed by atoms with Crippen LogP contribution in [0.1, 0.15) is 43.7 Å². The number of hydrogen-bond acceptors (Lipinski definition) is 4. The number of nitrogens with zero attached hydrogens (tertiary/aromatic N) is 3. The van der Waals surface area contributed by atoms with Gasteiger partial charge in [0.1, 0.15) is 5.65 Å². The second-order valence-electron chi connectivity index (χ2n) is 6.70. The zero-order valence-electron chi connectivity index (χ0n) is 14.2. The van der Waals surface area contributed by atoms with E-state index in [9.17, 15) is 4.79 Å². The van der Waals surface area contributed by atoms with Crippen LogP contribution < -0.4 is 10.9 Å². The summed E-state index contributed by atoms with van der Waals surface area (Å²) in [5.41, 5.74) is 1.93. The Kier molecular flexibility index (Phi) is 3.71. The first-order valence-electron chi connectivity index (χ1n) is 8.68. The van der Waals surface area contributed by atoms with Gasteiger partial charge >= 0.3 is 0 Å². The van der Waals surface area contributed by atoms with E-state index in [1.165, 1.54) is 19.3 Å². The summed E-state index contributed by atoms with van der Waals surface area (Å²) >= 11 is 0. The Balaban J connectivity index is 2.12. The molecule has 0 bridgehead atoms. The number of aryl methyl sites for hydroxylation is 1. The van der Waals surface area contributed by atoms with Crippen molar-refractivity contribution in [3.05, 3.63) is 40.3 Å². The monoisotopic (exact) mass is 322 g/mol. The number of aromatic nitrogens is 3. The predicted octanol–water partition coefficient (Wildman–Crippen LogP) is 3.80. The summed E-state index contributed by atoms with van der Waals surface area (Å²) in [6.07, 6.45) is 7.54. The Hall–Kier alpha value is -2.43. The maximum Gasteiger partial charge on any atom is 0.260 e. The fourth-order valence-corrected chi connectivity index (χ4v) is 3.84. The van der Waals surface area contributed by atoms with Crippen LogP contribution in [0.25, 0.3) is 21.8 Å². The molecule has 0 unspecified atom stereocenters. The van der Waals surface area contributed by atoms with Crippen molar-refractivity contribution in [2.24, 2.45) is 0 Å². The van der Waals surface area contributed by atoms with Crippen molar-refractivity contribution in [3.8, 4) is 0 Å². The summed E-state index contributed by atoms with van der Waals surface area (Å²) in [5.74, 6) is 0.554. The molecule has 1 fully saturated rings. The number of fused-ring (bicyclic) bond motifs is 3. The van der Waals surface area contributed by atoms with Crippen LogP contribution in [-0.2, 0) is 0 Å². The van der Waals surface area contributed by atoms with Crippen molar-refractivity contribution in [2.75, 3.05) is 12.4 Å². The van der Waals surface area contributed by atoms with E-state index < -0.39 is 0 Å². The van der Waals surface area contributed by atoms with Crippen LogP contribution >= 0.6 is 0 Å². The summed E-state index contributed by atoms with van der Waals surface area (Å²) in [7, 11) is 1.80. The Labute approximate surface area is 140 Å². The minimum atomic E-state index is 0.0776. The van der Waals surface area contributed by atoms with Gasteiger partial charge in [-0.05, 0) is 31.2 Å². The molecule has 1 aliphatic rings. The second-order valence-corrected chi connectivity index (χ2v) is 6.70. The van der Waals surface area contributed by atoms with Crippen molar-refractivity contribution in [3.63, 3.8) is 0 Å². The van der Waals surface area contributed by atoms with Gasteiger partial charge in [0.05, 0.1) is 0 Å². The van der Waals surface area contributed by atoms with Crippen LogP contribution in [-0.4, -0.2) is 21.6 Å². The van der Waals surface area contributed by atoms with E-state index in [4.69, 9.17) is 0 Å². The molecular weight excluding hydrogens is 300 g/mol. The second kappa shape index (κ2) is 5.89. The number of rotatable bonds is 2. The summed E-state index contributed by atoms with van der Waals surface area (Å²) in [6, 6.07) is 6.28. The average molecular weight is 322 g/mol. The molecule has 0 radical (unpaired) electrons. The molecule has 1 N–H and O–H groups in total. The normalized spacial score (nSPS) is 15.9. The van der Waals surface area contributed by atoms with Gasteiger partial charge in [-0.25, -0.2) is 4.98 Å². The Morgan fingerprint density at radius 1 is 1.12 bits per heavy atom. The van der Waals surface area contributed by atoms with Crippen LogP contribution in [0.2, 0.25) is 0 Å². The first kappa shape index (κ1) is 15.1. The van der Waals surface area contributed by atoms with Gasteiger partial charge in [-0.15, -0.1) is 0 Å². The summed E-state index contributed by atoms with van der Waals surface area (Å²) in [5, 5.41) is 5.65. The molecule has 5 nitrogen and oxygen atoms in total. The largest absolute Gasteiger partial charge is 0.357 e. The zero-order valence-corrected chi connectivity index (χ0v) is 14.2. The van der Waals surface area contributed by atoms with Crippen molar-refractivity contribution in [2.45, 2.75) is 45.1 Å². The molecule has 0 aliphatic heterocycles. The highest BCUT2D eigenvalue weighted by atomic mass is 16.1. The van der Waals surface area contributed by atoms with E-state index in [0.717, 1.165) is 40.2 Å². The number of benzene rings is 1. The van der Waals surface area contributed by atoms with E-state index in [1.54, 1.807) is 7.05 Å². The fourth-order valence-electron chi connectivity index (χ4n) is 3.84. The quantitative estimate of drug-likeness (QED) is 0.729. The van der Waals surface area contributed by atoms with E-state index in [2.05, 4.69) is 15.3 Å². The Bertz CT molecular complexity index is 970. The van der Waals surface area contributed by atoms with Gasteiger partial charge in [-0.2, -0.15) is 4.98 Å². The van der Waals surface area contributed by atoms with Gasteiger partial charge in [-0.3, -0.25) is 9.36 Å². The Morgan fingerprint density at radius 2 is 1.92 bits per heavy atom. The van der Waals surface area contributed by atoms with Crippen molar-refractivity contribution in [1.29, 1.82) is 0 Å². The maximum absolute atomic E-state index is 13.3. The zero-order chi connectivity index (χ0) is 16.7. The molecule has 3 aromatic rings. The number of nitrogens with one attached hydrogen (secondary N) is 1. The highest BCUT2D eigenvalue weighted by Gasteiger charge is 2.22. The van der Waals surface area contributed by atoms with E-state index in [-0.39, 0.29) is 11.6 Å². The van der Waals surface area contributed by atoms with Gasteiger partial charge in [0.25, 0.3) is 5.56 Å². The van der Waals surface area contributed by atoms with Gasteiger partial charge in [-0.1, -0.05) is 37.0 Å². The summed E-state index contributed by atoms with van der Waals surface area (Å²) in [6.45, 7) is 2.02. The van der Waals surface area contributed by atoms with Crippen molar-refractivity contribution in [1.82, 2.24) is 14.5 Å². The third-order valence-electron chi connectivity index (χ3n) is 5.07. The predicted molar refractivity (Wildman–Crippen MR) is 97.7 cm³/mol. The van der Waals surface area contributed by atoms with E-state index >= 15 is 0 Å². The molecule has 0 spiro atoms. The standard InChI is InChI=1S/C19H22N4O/c1-12-8-9-14-15(10-12)18(24)23(13-6-4-3-5-7-13)17-16(14)11-21-19(20-2)22-17/h8-11,13H,3-7H2,1-2H3,(H,20,21,22). The first-order valence-corrected chi connectivity index (χ1v) is 8.68. The van der Waals surface area contributed by atoms with Crippen LogP contribution in [0, 0.1) is 6.92 Å². The smallest absolute Gasteiger partial charge is 0.260 e. The molecule has 1 saturated carbocycles. The molecule has 24 heavy (non-hydrogen) atoms. The molecule has 5 heteroatoms. The van der Waals surface area contributed by atoms with Gasteiger partial charge < -0.3 is 5.32 Å². The average Bonchev–Trinajstić information content (AvgIpc) is 2.62. The molecule has 0 saturated heterocycles. The van der Waals surface area contributed by atoms with Crippen LogP contribution in [0.5, 0.6) is 0 Å². The van der Waals surface area contributed by atoms with Crippen molar-refractivity contribution >= 4 is 27.8 Å². The topological polar surface area (TPSA) is 59.8 Å². The number of pyridine rings is 1. The Morgan fingerprint density at radius 3 is 2.67 bits per heavy atom.